The van der Waals surface area contributed by atoms with E-state index in [0.29, 0.717) is 6.54 Å². The fourth-order valence-corrected chi connectivity index (χ4v) is 3.30. The van der Waals surface area contributed by atoms with E-state index >= 15 is 0 Å². The number of benzene rings is 2. The van der Waals surface area contributed by atoms with E-state index in [2.05, 4.69) is 5.32 Å². The quantitative estimate of drug-likeness (QED) is 0.836. The SMILES string of the molecule is COc1ccccc1-c1ccc(C(C)NC(=O)[C@@H]2CC[C@H](CN)O2)cc1. The largest absolute Gasteiger partial charge is 0.496 e. The molecule has 0 aromatic heterocycles. The number of rotatable bonds is 6. The molecule has 26 heavy (non-hydrogen) atoms. The van der Waals surface area contributed by atoms with E-state index in [-0.39, 0.29) is 24.2 Å². The molecule has 1 aliphatic heterocycles. The van der Waals surface area contributed by atoms with Crippen LogP contribution in [-0.4, -0.2) is 31.8 Å². The number of para-hydroxylation sites is 1. The molecule has 0 spiro atoms. The Balaban J connectivity index is 1.65. The van der Waals surface area contributed by atoms with Gasteiger partial charge in [-0.25, -0.2) is 0 Å². The van der Waals surface area contributed by atoms with Crippen LogP contribution in [0.5, 0.6) is 5.75 Å². The Hall–Kier alpha value is -2.37. The molecule has 1 heterocycles. The summed E-state index contributed by atoms with van der Waals surface area (Å²) in [6.45, 7) is 2.44. The summed E-state index contributed by atoms with van der Waals surface area (Å²) in [6, 6.07) is 16.0. The first-order chi connectivity index (χ1) is 12.6. The monoisotopic (exact) mass is 354 g/mol. The summed E-state index contributed by atoms with van der Waals surface area (Å²) in [5.74, 6) is 0.775. The van der Waals surface area contributed by atoms with Gasteiger partial charge in [0.1, 0.15) is 11.9 Å². The van der Waals surface area contributed by atoms with E-state index in [1.807, 2.05) is 55.5 Å². The minimum absolute atomic E-state index is 0.00110. The fourth-order valence-electron chi connectivity index (χ4n) is 3.30. The summed E-state index contributed by atoms with van der Waals surface area (Å²) in [4.78, 5) is 12.4. The minimum atomic E-state index is -0.390. The molecule has 3 N–H and O–H groups in total. The zero-order valence-corrected chi connectivity index (χ0v) is 15.3. The Morgan fingerprint density at radius 1 is 1.23 bits per heavy atom. The third-order valence-electron chi connectivity index (χ3n) is 4.85. The zero-order valence-electron chi connectivity index (χ0n) is 15.3. The van der Waals surface area contributed by atoms with E-state index in [1.54, 1.807) is 7.11 Å². The zero-order chi connectivity index (χ0) is 18.5. The van der Waals surface area contributed by atoms with Crippen molar-refractivity contribution in [2.45, 2.75) is 38.0 Å². The number of ether oxygens (including phenoxy) is 2. The molecule has 0 bridgehead atoms. The van der Waals surface area contributed by atoms with Gasteiger partial charge in [-0.2, -0.15) is 0 Å². The lowest BCUT2D eigenvalue weighted by Gasteiger charge is -2.18. The van der Waals surface area contributed by atoms with Crippen LogP contribution in [0, 0.1) is 0 Å². The molecule has 1 unspecified atom stereocenters. The second-order valence-corrected chi connectivity index (χ2v) is 6.61. The molecule has 5 heteroatoms. The van der Waals surface area contributed by atoms with Crippen molar-refractivity contribution in [1.82, 2.24) is 5.32 Å². The molecule has 0 saturated carbocycles. The summed E-state index contributed by atoms with van der Waals surface area (Å²) in [6.07, 6.45) is 1.18. The average molecular weight is 354 g/mol. The molecule has 5 nitrogen and oxygen atoms in total. The summed E-state index contributed by atoms with van der Waals surface area (Å²) >= 11 is 0. The number of nitrogens with one attached hydrogen (secondary N) is 1. The average Bonchev–Trinajstić information content (AvgIpc) is 3.17. The number of hydrogen-bond acceptors (Lipinski definition) is 4. The van der Waals surface area contributed by atoms with E-state index in [0.717, 1.165) is 35.3 Å². The summed E-state index contributed by atoms with van der Waals surface area (Å²) in [5, 5.41) is 3.04. The molecule has 3 rings (SSSR count). The standard InChI is InChI=1S/C21H26N2O3/c1-14(23-21(24)20-12-11-17(13-22)26-20)15-7-9-16(10-8-15)18-5-3-4-6-19(18)25-2/h3-10,14,17,20H,11-13,22H2,1-2H3,(H,23,24)/t14?,17-,20+/m1/s1. The first-order valence-electron chi connectivity index (χ1n) is 9.01. The topological polar surface area (TPSA) is 73.6 Å². The van der Waals surface area contributed by atoms with Crippen molar-refractivity contribution < 1.29 is 14.3 Å². The number of methoxy groups -OCH3 is 1. The lowest BCUT2D eigenvalue weighted by Crippen LogP contribution is -2.36. The Morgan fingerprint density at radius 3 is 2.62 bits per heavy atom. The van der Waals surface area contributed by atoms with Crippen LogP contribution in [0.3, 0.4) is 0 Å². The number of hydrogen-bond donors (Lipinski definition) is 2. The molecule has 2 aromatic rings. The van der Waals surface area contributed by atoms with Crippen LogP contribution in [0.15, 0.2) is 48.5 Å². The highest BCUT2D eigenvalue weighted by molar-refractivity contribution is 5.81. The molecule has 1 fully saturated rings. The number of amides is 1. The lowest BCUT2D eigenvalue weighted by molar-refractivity contribution is -0.132. The number of carbonyl (C=O) groups is 1. The molecule has 1 saturated heterocycles. The van der Waals surface area contributed by atoms with Gasteiger partial charge in [0.25, 0.3) is 0 Å². The van der Waals surface area contributed by atoms with Crippen LogP contribution in [-0.2, 0) is 9.53 Å². The fraction of sp³-hybridized carbons (Fsp3) is 0.381. The third-order valence-corrected chi connectivity index (χ3v) is 4.85. The van der Waals surface area contributed by atoms with Gasteiger partial charge in [-0.3, -0.25) is 4.79 Å². The van der Waals surface area contributed by atoms with Gasteiger partial charge >= 0.3 is 0 Å². The van der Waals surface area contributed by atoms with Gasteiger partial charge in [0.2, 0.25) is 5.91 Å². The molecule has 0 aliphatic carbocycles. The van der Waals surface area contributed by atoms with Crippen LogP contribution in [0.2, 0.25) is 0 Å². The van der Waals surface area contributed by atoms with Gasteiger partial charge in [0.05, 0.1) is 19.3 Å². The van der Waals surface area contributed by atoms with E-state index in [9.17, 15) is 4.79 Å². The lowest BCUT2D eigenvalue weighted by atomic mass is 10.0. The molecule has 0 radical (unpaired) electrons. The molecule has 1 aliphatic rings. The maximum Gasteiger partial charge on any atom is 0.249 e. The van der Waals surface area contributed by atoms with Crippen LogP contribution in [0.25, 0.3) is 11.1 Å². The number of nitrogens with two attached hydrogens (primary N) is 1. The highest BCUT2D eigenvalue weighted by Crippen LogP contribution is 2.30. The summed E-state index contributed by atoms with van der Waals surface area (Å²) in [7, 11) is 1.67. The molecule has 1 amide bonds. The van der Waals surface area contributed by atoms with E-state index in [1.165, 1.54) is 0 Å². The van der Waals surface area contributed by atoms with E-state index < -0.39 is 0 Å². The first-order valence-corrected chi connectivity index (χ1v) is 9.01. The van der Waals surface area contributed by atoms with Gasteiger partial charge in [0.15, 0.2) is 0 Å². The maximum absolute atomic E-state index is 12.4. The van der Waals surface area contributed by atoms with Gasteiger partial charge in [-0.05, 0) is 37.0 Å². The Bertz CT molecular complexity index is 745. The van der Waals surface area contributed by atoms with Crippen molar-refractivity contribution in [2.24, 2.45) is 5.73 Å². The van der Waals surface area contributed by atoms with Gasteiger partial charge in [-0.1, -0.05) is 42.5 Å². The van der Waals surface area contributed by atoms with E-state index in [4.69, 9.17) is 15.2 Å². The smallest absolute Gasteiger partial charge is 0.249 e. The summed E-state index contributed by atoms with van der Waals surface area (Å²) in [5.41, 5.74) is 8.78. The highest BCUT2D eigenvalue weighted by Gasteiger charge is 2.30. The van der Waals surface area contributed by atoms with Crippen molar-refractivity contribution in [1.29, 1.82) is 0 Å². The van der Waals surface area contributed by atoms with Gasteiger partial charge in [0, 0.05) is 12.1 Å². The van der Waals surface area contributed by atoms with Crippen LogP contribution >= 0.6 is 0 Å². The van der Waals surface area contributed by atoms with Gasteiger partial charge in [-0.15, -0.1) is 0 Å². The molecular weight excluding hydrogens is 328 g/mol. The first kappa shape index (κ1) is 18.4. The predicted molar refractivity (Wildman–Crippen MR) is 102 cm³/mol. The van der Waals surface area contributed by atoms with Crippen molar-refractivity contribution in [2.75, 3.05) is 13.7 Å². The van der Waals surface area contributed by atoms with Crippen LogP contribution < -0.4 is 15.8 Å². The van der Waals surface area contributed by atoms with Crippen molar-refractivity contribution >= 4 is 5.91 Å². The van der Waals surface area contributed by atoms with Crippen LogP contribution in [0.1, 0.15) is 31.4 Å². The Labute approximate surface area is 154 Å². The van der Waals surface area contributed by atoms with Crippen LogP contribution in [0.4, 0.5) is 0 Å². The molecular formula is C21H26N2O3. The van der Waals surface area contributed by atoms with Crippen molar-refractivity contribution in [3.8, 4) is 16.9 Å². The normalized spacial score (nSPS) is 20.6. The second kappa shape index (κ2) is 8.34. The van der Waals surface area contributed by atoms with Gasteiger partial charge < -0.3 is 20.5 Å². The third kappa shape index (κ3) is 4.06. The highest BCUT2D eigenvalue weighted by atomic mass is 16.5. The molecule has 2 aromatic carbocycles. The molecule has 3 atom stereocenters. The Morgan fingerprint density at radius 2 is 1.96 bits per heavy atom. The Kier molecular flexibility index (Phi) is 5.91. The second-order valence-electron chi connectivity index (χ2n) is 6.61. The van der Waals surface area contributed by atoms with Crippen molar-refractivity contribution in [3.63, 3.8) is 0 Å². The summed E-state index contributed by atoms with van der Waals surface area (Å²) < 4.78 is 11.1. The minimum Gasteiger partial charge on any atom is -0.496 e. The maximum atomic E-state index is 12.4. The molecule has 138 valence electrons. The number of carbonyl (C=O) groups excluding carboxylic acids is 1. The predicted octanol–water partition coefficient (Wildman–Crippen LogP) is 3.05. The van der Waals surface area contributed by atoms with Crippen molar-refractivity contribution in [3.05, 3.63) is 54.1 Å².